The molecule has 2 heterocycles. The monoisotopic (exact) mass is 326 g/mol. The molecule has 1 saturated heterocycles. The maximum absolute atomic E-state index is 12.1. The molecule has 24 heavy (non-hydrogen) atoms. The van der Waals surface area contributed by atoms with Gasteiger partial charge in [-0.1, -0.05) is 13.0 Å². The van der Waals surface area contributed by atoms with Crippen LogP contribution in [0.3, 0.4) is 0 Å². The van der Waals surface area contributed by atoms with Crippen LogP contribution in [0.4, 0.5) is 0 Å². The molecule has 4 rings (SSSR count). The number of carbonyl (C=O) groups is 1. The number of nitrogens with zero attached hydrogens (tertiary/aromatic N) is 2. The number of fused-ring (bicyclic) bond motifs is 1. The number of hydrogen-bond donors (Lipinski definition) is 0. The van der Waals surface area contributed by atoms with Crippen LogP contribution >= 0.6 is 0 Å². The van der Waals surface area contributed by atoms with Crippen molar-refractivity contribution in [1.82, 2.24) is 9.78 Å². The predicted octanol–water partition coefficient (Wildman–Crippen LogP) is 4.52. The molecule has 0 amide bonds. The van der Waals surface area contributed by atoms with Crippen LogP contribution in [-0.2, 0) is 9.53 Å². The van der Waals surface area contributed by atoms with Crippen molar-refractivity contribution >= 4 is 16.7 Å². The predicted molar refractivity (Wildman–Crippen MR) is 94.1 cm³/mol. The molecular formula is C20H26N2O2. The van der Waals surface area contributed by atoms with Crippen LogP contribution in [-0.4, -0.2) is 22.2 Å². The van der Waals surface area contributed by atoms with Crippen LogP contribution in [0.5, 0.6) is 0 Å². The van der Waals surface area contributed by atoms with E-state index in [1.54, 1.807) is 0 Å². The Bertz CT molecular complexity index is 758. The lowest BCUT2D eigenvalue weighted by molar-refractivity contribution is -0.121. The van der Waals surface area contributed by atoms with Gasteiger partial charge in [-0.05, 0) is 61.6 Å². The minimum Gasteiger partial charge on any atom is -0.356 e. The van der Waals surface area contributed by atoms with Crippen molar-refractivity contribution in [3.05, 3.63) is 29.5 Å². The average molecular weight is 326 g/mol. The highest BCUT2D eigenvalue weighted by Gasteiger charge is 2.30. The number of Topliss-reactive ketones (excluding diaryl/α,β-unsaturated/α-hetero) is 1. The molecule has 1 aliphatic heterocycles. The van der Waals surface area contributed by atoms with E-state index in [-0.39, 0.29) is 6.23 Å². The highest BCUT2D eigenvalue weighted by Crippen LogP contribution is 2.41. The smallest absolute Gasteiger partial charge is 0.150 e. The summed E-state index contributed by atoms with van der Waals surface area (Å²) in [4.78, 5) is 12.1. The number of carbonyl (C=O) groups excluding carboxylic acids is 1. The van der Waals surface area contributed by atoms with Gasteiger partial charge in [0.25, 0.3) is 0 Å². The van der Waals surface area contributed by atoms with E-state index in [1.807, 2.05) is 10.9 Å². The molecule has 0 radical (unpaired) electrons. The molecule has 128 valence electrons. The summed E-state index contributed by atoms with van der Waals surface area (Å²) in [6.07, 6.45) is 7.81. The Labute approximate surface area is 143 Å². The molecule has 0 N–H and O–H groups in total. The number of aromatic nitrogens is 2. The van der Waals surface area contributed by atoms with Crippen molar-refractivity contribution in [3.8, 4) is 0 Å². The lowest BCUT2D eigenvalue weighted by Crippen LogP contribution is -2.22. The minimum absolute atomic E-state index is 0.0530. The van der Waals surface area contributed by atoms with Crippen LogP contribution in [0.1, 0.15) is 68.7 Å². The van der Waals surface area contributed by atoms with Gasteiger partial charge in [-0.2, -0.15) is 5.10 Å². The third-order valence-electron chi connectivity index (χ3n) is 5.85. The molecule has 0 spiro atoms. The van der Waals surface area contributed by atoms with E-state index in [2.05, 4.69) is 31.1 Å². The van der Waals surface area contributed by atoms with Gasteiger partial charge in [0, 0.05) is 24.8 Å². The Morgan fingerprint density at radius 3 is 2.92 bits per heavy atom. The second-order valence-corrected chi connectivity index (χ2v) is 7.50. The maximum atomic E-state index is 12.1. The highest BCUT2D eigenvalue weighted by atomic mass is 16.5. The fourth-order valence-corrected chi connectivity index (χ4v) is 4.41. The van der Waals surface area contributed by atoms with E-state index >= 15 is 0 Å². The van der Waals surface area contributed by atoms with Gasteiger partial charge >= 0.3 is 0 Å². The number of hydrogen-bond acceptors (Lipinski definition) is 3. The van der Waals surface area contributed by atoms with Crippen molar-refractivity contribution < 1.29 is 9.53 Å². The summed E-state index contributed by atoms with van der Waals surface area (Å²) in [7, 11) is 0. The molecule has 2 aliphatic rings. The standard InChI is InChI=1S/C20H26N2O2/c1-13-6-8-15(23)11-16(13)20-14(2)7-9-18-17(20)12-21-22(18)19-5-3-4-10-24-19/h7,9,12-13,16,19H,3-6,8,10-11H2,1-2H3/t13-,16?,19?/m1/s1. The summed E-state index contributed by atoms with van der Waals surface area (Å²) in [6.45, 7) is 5.26. The Morgan fingerprint density at radius 2 is 2.12 bits per heavy atom. The third kappa shape index (κ3) is 2.67. The lowest BCUT2D eigenvalue weighted by atomic mass is 9.74. The highest BCUT2D eigenvalue weighted by molar-refractivity contribution is 5.86. The normalized spacial score (nSPS) is 28.4. The van der Waals surface area contributed by atoms with E-state index in [0.29, 0.717) is 24.0 Å². The number of benzene rings is 1. The molecule has 3 atom stereocenters. The SMILES string of the molecule is Cc1ccc2c(cnn2C2CCCCO2)c1C1CC(=O)CC[C@H]1C. The Morgan fingerprint density at radius 1 is 1.25 bits per heavy atom. The lowest BCUT2D eigenvalue weighted by Gasteiger charge is -2.30. The second-order valence-electron chi connectivity index (χ2n) is 7.50. The second kappa shape index (κ2) is 6.32. The van der Waals surface area contributed by atoms with Crippen molar-refractivity contribution in [2.75, 3.05) is 6.61 Å². The summed E-state index contributed by atoms with van der Waals surface area (Å²) in [5.74, 6) is 1.26. The van der Waals surface area contributed by atoms with Crippen LogP contribution in [0, 0.1) is 12.8 Å². The van der Waals surface area contributed by atoms with Gasteiger partial charge in [0.05, 0.1) is 11.7 Å². The van der Waals surface area contributed by atoms with Crippen molar-refractivity contribution in [1.29, 1.82) is 0 Å². The maximum Gasteiger partial charge on any atom is 0.150 e. The van der Waals surface area contributed by atoms with Gasteiger partial charge in [-0.3, -0.25) is 4.79 Å². The molecule has 4 nitrogen and oxygen atoms in total. The van der Waals surface area contributed by atoms with Crippen LogP contribution < -0.4 is 0 Å². The minimum atomic E-state index is 0.0530. The molecule has 2 unspecified atom stereocenters. The van der Waals surface area contributed by atoms with E-state index in [1.165, 1.54) is 22.9 Å². The quantitative estimate of drug-likeness (QED) is 0.815. The summed E-state index contributed by atoms with van der Waals surface area (Å²) in [6, 6.07) is 4.35. The van der Waals surface area contributed by atoms with Gasteiger partial charge in [-0.25, -0.2) is 4.68 Å². The molecule has 2 fully saturated rings. The van der Waals surface area contributed by atoms with E-state index in [9.17, 15) is 4.79 Å². The molecule has 1 aliphatic carbocycles. The fourth-order valence-electron chi connectivity index (χ4n) is 4.41. The first-order valence-corrected chi connectivity index (χ1v) is 9.25. The van der Waals surface area contributed by atoms with Crippen molar-refractivity contribution in [2.24, 2.45) is 5.92 Å². The zero-order chi connectivity index (χ0) is 16.7. The van der Waals surface area contributed by atoms with Gasteiger partial charge in [0.2, 0.25) is 0 Å². The summed E-state index contributed by atoms with van der Waals surface area (Å²) in [5, 5.41) is 5.87. The van der Waals surface area contributed by atoms with Crippen LogP contribution in [0.2, 0.25) is 0 Å². The molecular weight excluding hydrogens is 300 g/mol. The summed E-state index contributed by atoms with van der Waals surface area (Å²) in [5.41, 5.74) is 3.75. The topological polar surface area (TPSA) is 44.1 Å². The fraction of sp³-hybridized carbons (Fsp3) is 0.600. The average Bonchev–Trinajstić information content (AvgIpc) is 3.02. The Hall–Kier alpha value is -1.68. The number of aryl methyl sites for hydroxylation is 1. The van der Waals surface area contributed by atoms with Gasteiger partial charge in [-0.15, -0.1) is 0 Å². The number of ketones is 1. The van der Waals surface area contributed by atoms with E-state index < -0.39 is 0 Å². The largest absolute Gasteiger partial charge is 0.356 e. The van der Waals surface area contributed by atoms with E-state index in [4.69, 9.17) is 4.74 Å². The van der Waals surface area contributed by atoms with Crippen LogP contribution in [0.25, 0.3) is 10.9 Å². The van der Waals surface area contributed by atoms with Crippen LogP contribution in [0.15, 0.2) is 18.3 Å². The molecule has 1 aromatic carbocycles. The molecule has 1 saturated carbocycles. The van der Waals surface area contributed by atoms with Crippen molar-refractivity contribution in [3.63, 3.8) is 0 Å². The Balaban J connectivity index is 1.79. The zero-order valence-electron chi connectivity index (χ0n) is 14.6. The van der Waals surface area contributed by atoms with Gasteiger partial charge in [0.1, 0.15) is 5.78 Å². The van der Waals surface area contributed by atoms with Crippen molar-refractivity contribution in [2.45, 2.75) is 64.5 Å². The first-order valence-electron chi connectivity index (χ1n) is 9.25. The summed E-state index contributed by atoms with van der Waals surface area (Å²) >= 11 is 0. The summed E-state index contributed by atoms with van der Waals surface area (Å²) < 4.78 is 7.98. The van der Waals surface area contributed by atoms with Gasteiger partial charge in [0.15, 0.2) is 6.23 Å². The third-order valence-corrected chi connectivity index (χ3v) is 5.85. The Kier molecular flexibility index (Phi) is 4.17. The molecule has 2 aromatic rings. The number of ether oxygens (including phenoxy) is 1. The molecule has 0 bridgehead atoms. The van der Waals surface area contributed by atoms with E-state index in [0.717, 1.165) is 37.8 Å². The molecule has 1 aromatic heterocycles. The first kappa shape index (κ1) is 15.8. The number of rotatable bonds is 2. The van der Waals surface area contributed by atoms with Gasteiger partial charge < -0.3 is 4.74 Å². The first-order chi connectivity index (χ1) is 11.6. The molecule has 4 heteroatoms. The zero-order valence-corrected chi connectivity index (χ0v) is 14.6.